The zero-order valence-electron chi connectivity index (χ0n) is 17.4. The van der Waals surface area contributed by atoms with Crippen LogP contribution in [-0.2, 0) is 21.6 Å². The summed E-state index contributed by atoms with van der Waals surface area (Å²) in [6.07, 6.45) is 0.752. The van der Waals surface area contributed by atoms with Crippen LogP contribution in [0.15, 0.2) is 66.7 Å². The van der Waals surface area contributed by atoms with Crippen LogP contribution in [0.1, 0.15) is 29.2 Å². The number of benzene rings is 3. The molecule has 2 N–H and O–H groups in total. The highest BCUT2D eigenvalue weighted by atomic mass is 19.1. The minimum absolute atomic E-state index is 0.125. The molecule has 0 saturated carbocycles. The van der Waals surface area contributed by atoms with Gasteiger partial charge in [0.05, 0.1) is 5.69 Å². The number of carbonyl (C=O) groups is 2. The molecule has 3 aromatic rings. The van der Waals surface area contributed by atoms with E-state index in [1.54, 1.807) is 24.3 Å². The van der Waals surface area contributed by atoms with Crippen LogP contribution < -0.4 is 10.2 Å². The fraction of sp³-hybridized carbons (Fsp3) is 0.200. The first kappa shape index (κ1) is 20.8. The Morgan fingerprint density at radius 1 is 1.10 bits per heavy atom. The summed E-state index contributed by atoms with van der Waals surface area (Å²) in [5.74, 6) is -1.62. The van der Waals surface area contributed by atoms with Crippen LogP contribution in [0.25, 0.3) is 0 Å². The first-order valence-electron chi connectivity index (χ1n) is 10.1. The molecule has 3 aromatic carbocycles. The van der Waals surface area contributed by atoms with Crippen molar-refractivity contribution in [3.8, 4) is 0 Å². The van der Waals surface area contributed by atoms with Crippen molar-refractivity contribution in [2.45, 2.75) is 25.9 Å². The molecule has 0 radical (unpaired) electrons. The molecular formula is C25H23FN2O3. The molecule has 1 heterocycles. The molecule has 1 atom stereocenters. The molecule has 5 nitrogen and oxygen atoms in total. The van der Waals surface area contributed by atoms with Crippen molar-refractivity contribution in [2.24, 2.45) is 0 Å². The van der Waals surface area contributed by atoms with E-state index in [9.17, 15) is 19.1 Å². The number of amides is 2. The van der Waals surface area contributed by atoms with E-state index < -0.39 is 17.3 Å². The minimum atomic E-state index is -2.06. The van der Waals surface area contributed by atoms with Crippen LogP contribution in [0.5, 0.6) is 0 Å². The predicted molar refractivity (Wildman–Crippen MR) is 117 cm³/mol. The second-order valence-electron chi connectivity index (χ2n) is 7.64. The SMILES string of the molecule is CCc1cccc(C)c1NC(=O)CN1C(=O)C(O)(c2cccc(F)c2)c2ccccc21. The summed E-state index contributed by atoms with van der Waals surface area (Å²) in [6.45, 7) is 3.64. The Labute approximate surface area is 180 Å². The van der Waals surface area contributed by atoms with Crippen molar-refractivity contribution in [2.75, 3.05) is 16.8 Å². The number of fused-ring (bicyclic) bond motifs is 1. The first-order chi connectivity index (χ1) is 14.9. The van der Waals surface area contributed by atoms with Crippen molar-refractivity contribution in [3.05, 3.63) is 94.8 Å². The maximum Gasteiger partial charge on any atom is 0.268 e. The second-order valence-corrected chi connectivity index (χ2v) is 7.64. The Morgan fingerprint density at radius 3 is 2.58 bits per heavy atom. The highest BCUT2D eigenvalue weighted by Gasteiger charge is 2.51. The van der Waals surface area contributed by atoms with E-state index in [0.717, 1.165) is 29.3 Å². The van der Waals surface area contributed by atoms with Crippen molar-refractivity contribution in [3.63, 3.8) is 0 Å². The van der Waals surface area contributed by atoms with Crippen LogP contribution in [0, 0.1) is 12.7 Å². The molecule has 1 aliphatic rings. The van der Waals surface area contributed by atoms with Gasteiger partial charge in [-0.05, 0) is 42.7 Å². The number of carbonyl (C=O) groups excluding carboxylic acids is 2. The fourth-order valence-corrected chi connectivity index (χ4v) is 4.11. The molecule has 6 heteroatoms. The summed E-state index contributed by atoms with van der Waals surface area (Å²) in [5.41, 5.74) is 1.47. The lowest BCUT2D eigenvalue weighted by Gasteiger charge is -2.24. The Kier molecular flexibility index (Phi) is 5.33. The molecule has 2 amide bonds. The Bertz CT molecular complexity index is 1180. The molecule has 31 heavy (non-hydrogen) atoms. The monoisotopic (exact) mass is 418 g/mol. The van der Waals surface area contributed by atoms with Gasteiger partial charge in [0.25, 0.3) is 5.91 Å². The average Bonchev–Trinajstić information content (AvgIpc) is 2.98. The summed E-state index contributed by atoms with van der Waals surface area (Å²) >= 11 is 0. The number of hydrogen-bond donors (Lipinski definition) is 2. The zero-order valence-corrected chi connectivity index (χ0v) is 17.4. The minimum Gasteiger partial charge on any atom is -0.372 e. The summed E-state index contributed by atoms with van der Waals surface area (Å²) in [7, 11) is 0. The predicted octanol–water partition coefficient (Wildman–Crippen LogP) is 3.92. The third-order valence-corrected chi connectivity index (χ3v) is 5.69. The van der Waals surface area contributed by atoms with Gasteiger partial charge in [0.2, 0.25) is 5.91 Å². The summed E-state index contributed by atoms with van der Waals surface area (Å²) in [4.78, 5) is 27.5. The maximum atomic E-state index is 13.9. The number of nitrogens with zero attached hydrogens (tertiary/aromatic N) is 1. The van der Waals surface area contributed by atoms with Gasteiger partial charge in [-0.15, -0.1) is 0 Å². The largest absolute Gasteiger partial charge is 0.372 e. The van der Waals surface area contributed by atoms with Crippen molar-refractivity contribution in [1.29, 1.82) is 0 Å². The summed E-state index contributed by atoms with van der Waals surface area (Å²) < 4.78 is 13.9. The van der Waals surface area contributed by atoms with Gasteiger partial charge in [0.15, 0.2) is 5.60 Å². The summed E-state index contributed by atoms with van der Waals surface area (Å²) in [5, 5.41) is 14.3. The molecule has 158 valence electrons. The lowest BCUT2D eigenvalue weighted by atomic mass is 9.87. The third kappa shape index (κ3) is 3.49. The van der Waals surface area contributed by atoms with Gasteiger partial charge in [0.1, 0.15) is 12.4 Å². The van der Waals surface area contributed by atoms with Crippen LogP contribution >= 0.6 is 0 Å². The Hall–Kier alpha value is -3.51. The molecule has 1 unspecified atom stereocenters. The molecule has 0 bridgehead atoms. The van der Waals surface area contributed by atoms with E-state index in [1.807, 2.05) is 32.0 Å². The van der Waals surface area contributed by atoms with E-state index in [-0.39, 0.29) is 18.0 Å². The topological polar surface area (TPSA) is 69.6 Å². The average molecular weight is 418 g/mol. The highest BCUT2D eigenvalue weighted by molar-refractivity contribution is 6.12. The molecule has 0 spiro atoms. The molecule has 0 aliphatic carbocycles. The van der Waals surface area contributed by atoms with Gasteiger partial charge in [-0.3, -0.25) is 14.5 Å². The normalized spacial score (nSPS) is 17.5. The van der Waals surface area contributed by atoms with Gasteiger partial charge in [-0.2, -0.15) is 0 Å². The van der Waals surface area contributed by atoms with E-state index in [1.165, 1.54) is 23.1 Å². The number of aliphatic hydroxyl groups is 1. The van der Waals surface area contributed by atoms with Crippen LogP contribution in [0.4, 0.5) is 15.8 Å². The molecule has 0 aromatic heterocycles. The quantitative estimate of drug-likeness (QED) is 0.660. The summed E-state index contributed by atoms with van der Waals surface area (Å²) in [6, 6.07) is 17.8. The molecular weight excluding hydrogens is 395 g/mol. The first-order valence-corrected chi connectivity index (χ1v) is 10.1. The molecule has 4 rings (SSSR count). The number of nitrogens with one attached hydrogen (secondary N) is 1. The van der Waals surface area contributed by atoms with Crippen molar-refractivity contribution >= 4 is 23.2 Å². The van der Waals surface area contributed by atoms with Crippen LogP contribution in [0.3, 0.4) is 0 Å². The third-order valence-electron chi connectivity index (χ3n) is 5.69. The Morgan fingerprint density at radius 2 is 1.84 bits per heavy atom. The van der Waals surface area contributed by atoms with Gasteiger partial charge >= 0.3 is 0 Å². The zero-order chi connectivity index (χ0) is 22.2. The molecule has 0 fully saturated rings. The van der Waals surface area contributed by atoms with Crippen LogP contribution in [-0.4, -0.2) is 23.5 Å². The highest BCUT2D eigenvalue weighted by Crippen LogP contribution is 2.44. The fourth-order valence-electron chi connectivity index (χ4n) is 4.11. The number of para-hydroxylation sites is 2. The van der Waals surface area contributed by atoms with E-state index in [2.05, 4.69) is 5.32 Å². The lowest BCUT2D eigenvalue weighted by molar-refractivity contribution is -0.133. The maximum absolute atomic E-state index is 13.9. The molecule has 0 saturated heterocycles. The Balaban J connectivity index is 1.67. The number of hydrogen-bond acceptors (Lipinski definition) is 3. The van der Waals surface area contributed by atoms with Gasteiger partial charge in [-0.25, -0.2) is 4.39 Å². The standard InChI is InChI=1S/C25H23FN2O3/c1-3-17-9-6-8-16(2)23(17)27-22(29)15-28-21-13-5-4-12-20(21)25(31,24(28)30)18-10-7-11-19(26)14-18/h4-14,31H,3,15H2,1-2H3,(H,27,29). The molecule has 1 aliphatic heterocycles. The second kappa shape index (κ2) is 7.96. The van der Waals surface area contributed by atoms with Gasteiger partial charge in [0, 0.05) is 16.8 Å². The number of rotatable bonds is 5. The number of aryl methyl sites for hydroxylation is 2. The smallest absolute Gasteiger partial charge is 0.268 e. The van der Waals surface area contributed by atoms with E-state index in [4.69, 9.17) is 0 Å². The van der Waals surface area contributed by atoms with Gasteiger partial charge < -0.3 is 10.4 Å². The number of anilines is 2. The van der Waals surface area contributed by atoms with Gasteiger partial charge in [-0.1, -0.05) is 55.5 Å². The number of halogens is 1. The van der Waals surface area contributed by atoms with E-state index in [0.29, 0.717) is 11.3 Å². The van der Waals surface area contributed by atoms with Crippen molar-refractivity contribution < 1.29 is 19.1 Å². The van der Waals surface area contributed by atoms with Crippen molar-refractivity contribution in [1.82, 2.24) is 0 Å². The van der Waals surface area contributed by atoms with Crippen LogP contribution in [0.2, 0.25) is 0 Å². The van der Waals surface area contributed by atoms with E-state index >= 15 is 0 Å². The lowest BCUT2D eigenvalue weighted by Crippen LogP contribution is -2.44.